The molecule has 0 heterocycles. The molecule has 1 aliphatic rings. The Morgan fingerprint density at radius 3 is 2.34 bits per heavy atom. The minimum absolute atomic E-state index is 0.253. The predicted octanol–water partition coefficient (Wildman–Crippen LogP) is 7.81. The van der Waals surface area contributed by atoms with E-state index in [0.29, 0.717) is 38.8 Å². The van der Waals surface area contributed by atoms with Gasteiger partial charge in [-0.3, -0.25) is 14.1 Å². The lowest BCUT2D eigenvalue weighted by Crippen LogP contribution is -2.24. The SMILES string of the molecule is CC(/C=C/C1=C(Cl)C(=C/C=C(\C)N(CCCCS(=O)(=O)O)c2ccc3ccccc3c2C)/CCC1)=N/CCCCS(=O)(=O)O. The number of aliphatic imine (C=N–C) groups is 1. The fourth-order valence-electron chi connectivity index (χ4n) is 5.19. The van der Waals surface area contributed by atoms with Gasteiger partial charge < -0.3 is 4.90 Å². The van der Waals surface area contributed by atoms with Crippen molar-refractivity contribution in [3.05, 3.63) is 88.1 Å². The van der Waals surface area contributed by atoms with Crippen LogP contribution in [0.3, 0.4) is 0 Å². The first-order valence-electron chi connectivity index (χ1n) is 14.9. The molecule has 0 amide bonds. The van der Waals surface area contributed by atoms with Crippen molar-refractivity contribution in [2.75, 3.05) is 29.5 Å². The van der Waals surface area contributed by atoms with E-state index in [0.717, 1.165) is 68.9 Å². The average molecular weight is 663 g/mol. The Hall–Kier alpha value is -2.76. The maximum absolute atomic E-state index is 11.3. The summed E-state index contributed by atoms with van der Waals surface area (Å²) in [6.45, 7) is 7.09. The third-order valence-electron chi connectivity index (χ3n) is 7.60. The number of halogens is 1. The summed E-state index contributed by atoms with van der Waals surface area (Å²) in [5.74, 6) is -0.518. The van der Waals surface area contributed by atoms with E-state index in [2.05, 4.69) is 53.2 Å². The van der Waals surface area contributed by atoms with E-state index in [9.17, 15) is 21.4 Å². The van der Waals surface area contributed by atoms with Gasteiger partial charge in [0.05, 0.1) is 11.5 Å². The quantitative estimate of drug-likeness (QED) is 0.113. The van der Waals surface area contributed by atoms with Gasteiger partial charge in [-0.1, -0.05) is 54.1 Å². The average Bonchev–Trinajstić information content (AvgIpc) is 2.95. The molecule has 2 N–H and O–H groups in total. The van der Waals surface area contributed by atoms with Crippen molar-refractivity contribution in [3.8, 4) is 0 Å². The second-order valence-electron chi connectivity index (χ2n) is 11.1. The van der Waals surface area contributed by atoms with Crippen LogP contribution >= 0.6 is 11.6 Å². The van der Waals surface area contributed by atoms with Crippen molar-refractivity contribution < 1.29 is 25.9 Å². The van der Waals surface area contributed by atoms with E-state index < -0.39 is 20.2 Å². The zero-order valence-electron chi connectivity index (χ0n) is 25.7. The Morgan fingerprint density at radius 1 is 0.955 bits per heavy atom. The fraction of sp³-hybridized carbons (Fsp3) is 0.424. The summed E-state index contributed by atoms with van der Waals surface area (Å²) >= 11 is 6.85. The fourth-order valence-corrected chi connectivity index (χ4v) is 6.65. The summed E-state index contributed by atoms with van der Waals surface area (Å²) in [5.41, 5.74) is 6.06. The number of nitrogens with zero attached hydrogens (tertiary/aromatic N) is 2. The summed E-state index contributed by atoms with van der Waals surface area (Å²) in [6.07, 6.45) is 12.6. The van der Waals surface area contributed by atoms with E-state index >= 15 is 0 Å². The number of anilines is 1. The number of allylic oxidation sites excluding steroid dienone is 8. The summed E-state index contributed by atoms with van der Waals surface area (Å²) in [7, 11) is -7.94. The van der Waals surface area contributed by atoms with Crippen LogP contribution in [0.2, 0.25) is 0 Å². The number of benzene rings is 2. The van der Waals surface area contributed by atoms with Crippen molar-refractivity contribution in [2.24, 2.45) is 4.99 Å². The van der Waals surface area contributed by atoms with Crippen LogP contribution in [0.25, 0.3) is 10.8 Å². The standard InChI is InChI=1S/C33H43ClN2O6S2/c1-25(35-21-6-8-23-43(37,38)39)15-17-29-12-10-13-30(33(29)34)18-16-26(2)36(22-7-9-24-44(40,41)42)32-20-19-28-11-4-5-14-31(28)27(32)3/h4-5,11,14-20H,6-10,12-13,21-24H2,1-3H3,(H,37,38,39)(H,40,41,42)/b17-15+,26-16+,30-18+,35-25-. The number of rotatable bonds is 15. The van der Waals surface area contributed by atoms with Gasteiger partial charge in [0.2, 0.25) is 0 Å². The first-order valence-corrected chi connectivity index (χ1v) is 18.5. The van der Waals surface area contributed by atoms with Crippen molar-refractivity contribution in [3.63, 3.8) is 0 Å². The van der Waals surface area contributed by atoms with E-state index in [1.807, 2.05) is 38.1 Å². The number of hydrogen-bond donors (Lipinski definition) is 2. The molecular formula is C33H43ClN2O6S2. The van der Waals surface area contributed by atoms with Crippen LogP contribution in [0.15, 0.2) is 87.6 Å². The second kappa shape index (κ2) is 16.5. The lowest BCUT2D eigenvalue weighted by Gasteiger charge is -2.28. The molecule has 0 aromatic heterocycles. The monoisotopic (exact) mass is 662 g/mol. The van der Waals surface area contributed by atoms with Gasteiger partial charge in [-0.15, -0.1) is 0 Å². The van der Waals surface area contributed by atoms with Gasteiger partial charge in [-0.2, -0.15) is 16.8 Å². The molecule has 3 rings (SSSR count). The molecule has 240 valence electrons. The van der Waals surface area contributed by atoms with E-state index in [1.165, 1.54) is 0 Å². The van der Waals surface area contributed by atoms with Gasteiger partial charge >= 0.3 is 0 Å². The minimum atomic E-state index is -4.01. The van der Waals surface area contributed by atoms with Gasteiger partial charge in [-0.25, -0.2) is 0 Å². The topological polar surface area (TPSA) is 124 Å². The van der Waals surface area contributed by atoms with Crippen LogP contribution in [-0.4, -0.2) is 56.2 Å². The Labute approximate surface area is 267 Å². The Bertz CT molecular complexity index is 1690. The maximum atomic E-state index is 11.3. The third kappa shape index (κ3) is 11.6. The molecule has 8 nitrogen and oxygen atoms in total. The highest BCUT2D eigenvalue weighted by atomic mass is 35.5. The molecular weight excluding hydrogens is 620 g/mol. The first-order chi connectivity index (χ1) is 20.7. The molecule has 0 unspecified atom stereocenters. The van der Waals surface area contributed by atoms with Crippen molar-refractivity contribution in [1.29, 1.82) is 0 Å². The molecule has 1 aliphatic carbocycles. The van der Waals surface area contributed by atoms with E-state index in [-0.39, 0.29) is 11.5 Å². The van der Waals surface area contributed by atoms with Crippen LogP contribution in [-0.2, 0) is 20.2 Å². The zero-order valence-corrected chi connectivity index (χ0v) is 28.1. The summed E-state index contributed by atoms with van der Waals surface area (Å²) < 4.78 is 62.2. The normalized spacial score (nSPS) is 16.5. The van der Waals surface area contributed by atoms with Crippen LogP contribution in [0, 0.1) is 6.92 Å². The molecule has 0 atom stereocenters. The van der Waals surface area contributed by atoms with Crippen molar-refractivity contribution in [1.82, 2.24) is 0 Å². The minimum Gasteiger partial charge on any atom is -0.345 e. The number of unbranched alkanes of at least 4 members (excludes halogenated alkanes) is 2. The van der Waals surface area contributed by atoms with Gasteiger partial charge in [0.25, 0.3) is 20.2 Å². The van der Waals surface area contributed by atoms with Gasteiger partial charge in [0, 0.05) is 35.2 Å². The van der Waals surface area contributed by atoms with Gasteiger partial charge in [0.1, 0.15) is 0 Å². The van der Waals surface area contributed by atoms with Crippen LogP contribution in [0.5, 0.6) is 0 Å². The molecule has 0 spiro atoms. The van der Waals surface area contributed by atoms with Crippen molar-refractivity contribution in [2.45, 2.75) is 65.7 Å². The molecule has 44 heavy (non-hydrogen) atoms. The highest BCUT2D eigenvalue weighted by Gasteiger charge is 2.16. The summed E-state index contributed by atoms with van der Waals surface area (Å²) in [6, 6.07) is 12.4. The van der Waals surface area contributed by atoms with Crippen LogP contribution < -0.4 is 4.90 Å². The lowest BCUT2D eigenvalue weighted by molar-refractivity contribution is 0.478. The Morgan fingerprint density at radius 2 is 1.64 bits per heavy atom. The largest absolute Gasteiger partial charge is 0.345 e. The number of aryl methyl sites for hydroxylation is 1. The molecule has 0 aliphatic heterocycles. The molecule has 0 saturated heterocycles. The van der Waals surface area contributed by atoms with Crippen LogP contribution in [0.4, 0.5) is 5.69 Å². The third-order valence-corrected chi connectivity index (χ3v) is 9.69. The maximum Gasteiger partial charge on any atom is 0.264 e. The molecule has 0 saturated carbocycles. The van der Waals surface area contributed by atoms with Crippen molar-refractivity contribution >= 4 is 54.0 Å². The van der Waals surface area contributed by atoms with Gasteiger partial charge in [0.15, 0.2) is 0 Å². The number of fused-ring (bicyclic) bond motifs is 1. The zero-order chi connectivity index (χ0) is 32.3. The van der Waals surface area contributed by atoms with Crippen LogP contribution in [0.1, 0.15) is 64.4 Å². The smallest absolute Gasteiger partial charge is 0.264 e. The Balaban J connectivity index is 1.80. The lowest BCUT2D eigenvalue weighted by atomic mass is 9.94. The molecule has 11 heteroatoms. The molecule has 0 radical (unpaired) electrons. The van der Waals surface area contributed by atoms with Gasteiger partial charge in [-0.05, 0) is 111 Å². The highest BCUT2D eigenvalue weighted by molar-refractivity contribution is 7.86. The highest BCUT2D eigenvalue weighted by Crippen LogP contribution is 2.34. The molecule has 0 bridgehead atoms. The summed E-state index contributed by atoms with van der Waals surface area (Å²) in [4.78, 5) is 6.66. The van der Waals surface area contributed by atoms with E-state index in [4.69, 9.17) is 16.2 Å². The predicted molar refractivity (Wildman–Crippen MR) is 183 cm³/mol. The number of hydrogen-bond acceptors (Lipinski definition) is 6. The first kappa shape index (κ1) is 35.7. The second-order valence-corrected chi connectivity index (χ2v) is 14.6. The molecule has 0 fully saturated rings. The Kier molecular flexibility index (Phi) is 13.4. The molecule has 2 aromatic rings. The molecule has 2 aromatic carbocycles. The summed E-state index contributed by atoms with van der Waals surface area (Å²) in [5, 5.41) is 3.03. The van der Waals surface area contributed by atoms with E-state index in [1.54, 1.807) is 0 Å².